The summed E-state index contributed by atoms with van der Waals surface area (Å²) in [5.41, 5.74) is 0. The summed E-state index contributed by atoms with van der Waals surface area (Å²) in [5, 5.41) is 7.37. The summed E-state index contributed by atoms with van der Waals surface area (Å²) in [6.45, 7) is 9.51. The Balaban J connectivity index is 2.69. The van der Waals surface area contributed by atoms with Gasteiger partial charge in [0.2, 0.25) is 10.0 Å². The van der Waals surface area contributed by atoms with E-state index in [9.17, 15) is 8.42 Å². The van der Waals surface area contributed by atoms with E-state index in [1.807, 2.05) is 13.8 Å². The lowest BCUT2D eigenvalue weighted by Crippen LogP contribution is -2.31. The zero-order valence-corrected chi connectivity index (χ0v) is 13.5. The molecule has 0 saturated heterocycles. The van der Waals surface area contributed by atoms with Crippen LogP contribution in [0.3, 0.4) is 0 Å². The molecule has 0 atom stereocenters. The van der Waals surface area contributed by atoms with E-state index in [4.69, 9.17) is 0 Å². The van der Waals surface area contributed by atoms with Crippen molar-refractivity contribution in [1.82, 2.24) is 19.4 Å². The SMILES string of the molecule is CCCN(CC)S(=O)(=O)c1cnn(CCCNCC)c1. The largest absolute Gasteiger partial charge is 0.317 e. The number of aryl methyl sites for hydroxylation is 1. The van der Waals surface area contributed by atoms with Crippen molar-refractivity contribution in [2.24, 2.45) is 0 Å². The fourth-order valence-corrected chi connectivity index (χ4v) is 3.49. The molecule has 20 heavy (non-hydrogen) atoms. The fourth-order valence-electron chi connectivity index (χ4n) is 1.99. The normalized spacial score (nSPS) is 12.2. The molecule has 0 aliphatic carbocycles. The highest BCUT2D eigenvalue weighted by molar-refractivity contribution is 7.89. The first-order chi connectivity index (χ1) is 9.56. The Hall–Kier alpha value is -0.920. The van der Waals surface area contributed by atoms with E-state index in [0.29, 0.717) is 13.1 Å². The minimum Gasteiger partial charge on any atom is -0.317 e. The van der Waals surface area contributed by atoms with Crippen molar-refractivity contribution in [1.29, 1.82) is 0 Å². The molecular formula is C13H26N4O2S. The van der Waals surface area contributed by atoms with E-state index in [0.717, 1.165) is 32.5 Å². The summed E-state index contributed by atoms with van der Waals surface area (Å²) in [4.78, 5) is 0.288. The molecule has 0 fully saturated rings. The molecular weight excluding hydrogens is 276 g/mol. The second-order valence-electron chi connectivity index (χ2n) is 4.64. The molecule has 1 N–H and O–H groups in total. The van der Waals surface area contributed by atoms with Gasteiger partial charge in [-0.25, -0.2) is 8.42 Å². The highest BCUT2D eigenvalue weighted by Crippen LogP contribution is 2.15. The van der Waals surface area contributed by atoms with Crippen LogP contribution in [0.2, 0.25) is 0 Å². The number of aromatic nitrogens is 2. The molecule has 1 heterocycles. The van der Waals surface area contributed by atoms with Crippen molar-refractivity contribution in [3.63, 3.8) is 0 Å². The third kappa shape index (κ3) is 4.57. The molecule has 1 rings (SSSR count). The van der Waals surface area contributed by atoms with Crippen molar-refractivity contribution >= 4 is 10.0 Å². The number of hydrogen-bond donors (Lipinski definition) is 1. The van der Waals surface area contributed by atoms with Crippen LogP contribution in [0.5, 0.6) is 0 Å². The molecule has 6 nitrogen and oxygen atoms in total. The van der Waals surface area contributed by atoms with Gasteiger partial charge in [-0.3, -0.25) is 4.68 Å². The van der Waals surface area contributed by atoms with Crippen LogP contribution >= 0.6 is 0 Å². The van der Waals surface area contributed by atoms with E-state index in [1.54, 1.807) is 10.9 Å². The maximum absolute atomic E-state index is 12.4. The minimum absolute atomic E-state index is 0.288. The van der Waals surface area contributed by atoms with Crippen molar-refractivity contribution in [2.75, 3.05) is 26.2 Å². The van der Waals surface area contributed by atoms with Gasteiger partial charge in [-0.2, -0.15) is 9.40 Å². The molecule has 1 aromatic rings. The van der Waals surface area contributed by atoms with Crippen LogP contribution in [0.4, 0.5) is 0 Å². The molecule has 0 radical (unpaired) electrons. The van der Waals surface area contributed by atoms with Crippen molar-refractivity contribution < 1.29 is 8.42 Å². The van der Waals surface area contributed by atoms with Crippen LogP contribution in [0, 0.1) is 0 Å². The Kier molecular flexibility index (Phi) is 7.18. The third-order valence-electron chi connectivity index (χ3n) is 3.06. The van der Waals surface area contributed by atoms with Gasteiger partial charge in [0.1, 0.15) is 4.90 Å². The van der Waals surface area contributed by atoms with Crippen LogP contribution in [-0.2, 0) is 16.6 Å². The van der Waals surface area contributed by atoms with Gasteiger partial charge in [0.05, 0.1) is 6.20 Å². The lowest BCUT2D eigenvalue weighted by atomic mass is 10.4. The molecule has 1 aromatic heterocycles. The summed E-state index contributed by atoms with van der Waals surface area (Å²) in [5.74, 6) is 0. The first-order valence-electron chi connectivity index (χ1n) is 7.29. The van der Waals surface area contributed by atoms with Gasteiger partial charge in [0, 0.05) is 25.8 Å². The zero-order valence-electron chi connectivity index (χ0n) is 12.7. The molecule has 0 aromatic carbocycles. The van der Waals surface area contributed by atoms with Gasteiger partial charge in [-0.15, -0.1) is 0 Å². The van der Waals surface area contributed by atoms with Crippen LogP contribution in [-0.4, -0.2) is 48.7 Å². The molecule has 0 unspecified atom stereocenters. The van der Waals surface area contributed by atoms with Crippen molar-refractivity contribution in [3.8, 4) is 0 Å². The van der Waals surface area contributed by atoms with Crippen LogP contribution in [0.1, 0.15) is 33.6 Å². The Bertz CT molecular complexity index is 484. The third-order valence-corrected chi connectivity index (χ3v) is 4.99. The quantitative estimate of drug-likeness (QED) is 0.662. The standard InChI is InChI=1S/C13H26N4O2S/c1-4-9-17(6-3)20(18,19)13-11-15-16(12-13)10-7-8-14-5-2/h11-12,14H,4-10H2,1-3H3. The van der Waals surface area contributed by atoms with Gasteiger partial charge < -0.3 is 5.32 Å². The fraction of sp³-hybridized carbons (Fsp3) is 0.769. The lowest BCUT2D eigenvalue weighted by Gasteiger charge is -2.18. The Morgan fingerprint density at radius 3 is 2.70 bits per heavy atom. The van der Waals surface area contributed by atoms with Crippen LogP contribution in [0.15, 0.2) is 17.3 Å². The van der Waals surface area contributed by atoms with Crippen molar-refractivity contribution in [3.05, 3.63) is 12.4 Å². The Labute approximate surface area is 122 Å². The molecule has 116 valence electrons. The smallest absolute Gasteiger partial charge is 0.246 e. The monoisotopic (exact) mass is 302 g/mol. The lowest BCUT2D eigenvalue weighted by molar-refractivity contribution is 0.427. The maximum Gasteiger partial charge on any atom is 0.246 e. The Morgan fingerprint density at radius 1 is 1.35 bits per heavy atom. The van der Waals surface area contributed by atoms with E-state index in [-0.39, 0.29) is 4.90 Å². The predicted molar refractivity (Wildman–Crippen MR) is 80.1 cm³/mol. The highest BCUT2D eigenvalue weighted by atomic mass is 32.2. The summed E-state index contributed by atoms with van der Waals surface area (Å²) in [6, 6.07) is 0. The first kappa shape index (κ1) is 17.1. The zero-order chi connectivity index (χ0) is 15.0. The molecule has 0 aliphatic heterocycles. The number of nitrogens with zero attached hydrogens (tertiary/aromatic N) is 3. The van der Waals surface area contributed by atoms with Gasteiger partial charge in [-0.1, -0.05) is 20.8 Å². The molecule has 0 bridgehead atoms. The molecule has 7 heteroatoms. The summed E-state index contributed by atoms with van der Waals surface area (Å²) in [7, 11) is -3.39. The molecule has 0 aliphatic rings. The first-order valence-corrected chi connectivity index (χ1v) is 8.73. The van der Waals surface area contributed by atoms with E-state index in [1.165, 1.54) is 10.5 Å². The summed E-state index contributed by atoms with van der Waals surface area (Å²) >= 11 is 0. The molecule has 0 spiro atoms. The second kappa shape index (κ2) is 8.39. The number of nitrogens with one attached hydrogen (secondary N) is 1. The average molecular weight is 302 g/mol. The van der Waals surface area contributed by atoms with E-state index >= 15 is 0 Å². The summed E-state index contributed by atoms with van der Waals surface area (Å²) < 4.78 is 28.0. The van der Waals surface area contributed by atoms with Gasteiger partial charge >= 0.3 is 0 Å². The topological polar surface area (TPSA) is 67.2 Å². The van der Waals surface area contributed by atoms with Gasteiger partial charge in [-0.05, 0) is 25.9 Å². The van der Waals surface area contributed by atoms with Crippen LogP contribution < -0.4 is 5.32 Å². The predicted octanol–water partition coefficient (Wildman–Crippen LogP) is 1.30. The minimum atomic E-state index is -3.39. The second-order valence-corrected chi connectivity index (χ2v) is 6.58. The molecule has 0 amide bonds. The number of sulfonamides is 1. The van der Waals surface area contributed by atoms with E-state index in [2.05, 4.69) is 17.3 Å². The summed E-state index contributed by atoms with van der Waals surface area (Å²) in [6.07, 6.45) is 4.81. The maximum atomic E-state index is 12.4. The van der Waals surface area contributed by atoms with Gasteiger partial charge in [0.25, 0.3) is 0 Å². The van der Waals surface area contributed by atoms with Gasteiger partial charge in [0.15, 0.2) is 0 Å². The van der Waals surface area contributed by atoms with E-state index < -0.39 is 10.0 Å². The average Bonchev–Trinajstić information content (AvgIpc) is 2.90. The highest BCUT2D eigenvalue weighted by Gasteiger charge is 2.23. The Morgan fingerprint density at radius 2 is 2.10 bits per heavy atom. The number of rotatable bonds is 10. The molecule has 0 saturated carbocycles. The van der Waals surface area contributed by atoms with Crippen molar-refractivity contribution in [2.45, 2.75) is 45.1 Å². The van der Waals surface area contributed by atoms with Crippen LogP contribution in [0.25, 0.3) is 0 Å². The number of hydrogen-bond acceptors (Lipinski definition) is 4.